The molecular weight excluding hydrogens is 266 g/mol. The van der Waals surface area contributed by atoms with Crippen LogP contribution in [0.25, 0.3) is 0 Å². The summed E-state index contributed by atoms with van der Waals surface area (Å²) in [5, 5.41) is 0. The topological polar surface area (TPSA) is 17.1 Å². The van der Waals surface area contributed by atoms with E-state index in [9.17, 15) is 4.79 Å². The van der Waals surface area contributed by atoms with Crippen molar-refractivity contribution in [1.82, 2.24) is 0 Å². The smallest absolute Gasteiger partial charge is 0.216 e. The van der Waals surface area contributed by atoms with Crippen LogP contribution in [0.15, 0.2) is 24.3 Å². The van der Waals surface area contributed by atoms with Crippen LogP contribution in [-0.2, 0) is 3.79 Å². The second kappa shape index (κ2) is 4.71. The Morgan fingerprint density at radius 2 is 1.64 bits per heavy atom. The second-order valence-corrected chi connectivity index (χ2v) is 5.18. The van der Waals surface area contributed by atoms with E-state index in [0.717, 1.165) is 0 Å². The number of carbonyl (C=O) groups excluding carboxylic acids is 1. The van der Waals surface area contributed by atoms with Gasteiger partial charge in [0.2, 0.25) is 3.79 Å². The summed E-state index contributed by atoms with van der Waals surface area (Å²) in [5.74, 6) is -0.199. The molecule has 0 aliphatic carbocycles. The average molecular weight is 272 g/mol. The molecule has 0 heterocycles. The zero-order chi connectivity index (χ0) is 10.8. The van der Waals surface area contributed by atoms with Crippen LogP contribution in [0.1, 0.15) is 15.9 Å². The number of Topliss-reactive ketones (excluding diaryl/α,β-unsaturated/α-hetero) is 1. The van der Waals surface area contributed by atoms with Crippen molar-refractivity contribution in [2.45, 2.75) is 3.79 Å². The zero-order valence-electron chi connectivity index (χ0n) is 6.94. The van der Waals surface area contributed by atoms with Gasteiger partial charge >= 0.3 is 0 Å². The van der Waals surface area contributed by atoms with Gasteiger partial charge in [0.25, 0.3) is 0 Å². The molecule has 1 rings (SSSR count). The van der Waals surface area contributed by atoms with Crippen molar-refractivity contribution in [3.8, 4) is 0 Å². The van der Waals surface area contributed by atoms with E-state index >= 15 is 0 Å². The third kappa shape index (κ3) is 3.03. The van der Waals surface area contributed by atoms with Gasteiger partial charge in [-0.3, -0.25) is 4.79 Å². The maximum absolute atomic E-state index is 11.1. The van der Waals surface area contributed by atoms with Crippen molar-refractivity contribution in [1.29, 1.82) is 0 Å². The van der Waals surface area contributed by atoms with Gasteiger partial charge in [-0.2, -0.15) is 0 Å². The molecule has 1 aromatic carbocycles. The molecule has 0 bridgehead atoms. The maximum atomic E-state index is 11.1. The minimum absolute atomic E-state index is 0.0485. The van der Waals surface area contributed by atoms with Crippen LogP contribution in [0.5, 0.6) is 0 Å². The van der Waals surface area contributed by atoms with Crippen molar-refractivity contribution >= 4 is 52.2 Å². The van der Waals surface area contributed by atoms with E-state index in [1.165, 1.54) is 0 Å². The Hall–Kier alpha value is 0.0500. The van der Waals surface area contributed by atoms with E-state index in [4.69, 9.17) is 46.4 Å². The van der Waals surface area contributed by atoms with E-state index in [-0.39, 0.29) is 11.7 Å². The van der Waals surface area contributed by atoms with Crippen LogP contribution in [0.2, 0.25) is 0 Å². The number of hydrogen-bond acceptors (Lipinski definition) is 1. The van der Waals surface area contributed by atoms with Gasteiger partial charge < -0.3 is 0 Å². The van der Waals surface area contributed by atoms with Crippen LogP contribution in [0.4, 0.5) is 0 Å². The lowest BCUT2D eigenvalue weighted by atomic mass is 10.1. The highest BCUT2D eigenvalue weighted by atomic mass is 35.6. The molecule has 0 N–H and O–H groups in total. The molecule has 5 heteroatoms. The molecule has 76 valence electrons. The molecule has 0 radical (unpaired) electrons. The molecule has 14 heavy (non-hydrogen) atoms. The first-order valence-corrected chi connectivity index (χ1v) is 5.38. The quantitative estimate of drug-likeness (QED) is 0.588. The predicted octanol–water partition coefficient (Wildman–Crippen LogP) is 3.93. The average Bonchev–Trinajstić information content (AvgIpc) is 2.15. The second-order valence-electron chi connectivity index (χ2n) is 2.63. The minimum Gasteiger partial charge on any atom is -0.293 e. The molecule has 0 spiro atoms. The fourth-order valence-corrected chi connectivity index (χ4v) is 1.45. The molecule has 0 aliphatic rings. The third-order valence-electron chi connectivity index (χ3n) is 1.66. The Bertz CT molecular complexity index is 326. The van der Waals surface area contributed by atoms with Crippen molar-refractivity contribution < 1.29 is 4.79 Å². The summed E-state index contributed by atoms with van der Waals surface area (Å²) in [6.45, 7) is 0. The van der Waals surface area contributed by atoms with Gasteiger partial charge in [-0.15, -0.1) is 11.6 Å². The Kier molecular flexibility index (Phi) is 4.08. The summed E-state index contributed by atoms with van der Waals surface area (Å²) in [5.41, 5.74) is 1.03. The van der Waals surface area contributed by atoms with Crippen molar-refractivity contribution in [3.05, 3.63) is 35.4 Å². The number of rotatable bonds is 2. The van der Waals surface area contributed by atoms with Gasteiger partial charge in [0.1, 0.15) is 0 Å². The van der Waals surface area contributed by atoms with Crippen LogP contribution < -0.4 is 0 Å². The standard InChI is InChI=1S/C9H6Cl4O/c10-5-8(14)6-1-3-7(4-2-6)9(11,12)13/h1-4H,5H2. The number of benzene rings is 1. The number of carbonyl (C=O) groups is 1. The molecule has 0 unspecified atom stereocenters. The number of hydrogen-bond donors (Lipinski definition) is 0. The molecule has 0 aliphatic heterocycles. The summed E-state index contributed by atoms with van der Waals surface area (Å²) < 4.78 is -1.46. The first-order valence-electron chi connectivity index (χ1n) is 3.71. The summed E-state index contributed by atoms with van der Waals surface area (Å²) in [6, 6.07) is 6.35. The van der Waals surface area contributed by atoms with E-state index in [1.54, 1.807) is 24.3 Å². The summed E-state index contributed by atoms with van der Waals surface area (Å²) in [7, 11) is 0. The lowest BCUT2D eigenvalue weighted by molar-refractivity contribution is 0.102. The third-order valence-corrected chi connectivity index (χ3v) is 2.55. The minimum atomic E-state index is -1.46. The fourth-order valence-electron chi connectivity index (χ4n) is 0.922. The first-order chi connectivity index (χ1) is 6.45. The molecule has 0 saturated heterocycles. The summed E-state index contributed by atoms with van der Waals surface area (Å²) >= 11 is 22.3. The van der Waals surface area contributed by atoms with E-state index in [0.29, 0.717) is 11.1 Å². The highest BCUT2D eigenvalue weighted by Gasteiger charge is 2.22. The van der Waals surface area contributed by atoms with Crippen LogP contribution in [0, 0.1) is 0 Å². The molecule has 0 fully saturated rings. The van der Waals surface area contributed by atoms with Gasteiger partial charge in [0.05, 0.1) is 5.88 Å². The van der Waals surface area contributed by atoms with Crippen molar-refractivity contribution in [2.75, 3.05) is 5.88 Å². The Labute approximate surface area is 102 Å². The van der Waals surface area contributed by atoms with Gasteiger partial charge in [0, 0.05) is 11.1 Å². The molecule has 1 nitrogen and oxygen atoms in total. The normalized spacial score (nSPS) is 11.4. The SMILES string of the molecule is O=C(CCl)c1ccc(C(Cl)(Cl)Cl)cc1. The molecule has 0 atom stereocenters. The lowest BCUT2D eigenvalue weighted by Gasteiger charge is -2.10. The molecule has 0 saturated carbocycles. The summed E-state index contributed by atoms with van der Waals surface area (Å²) in [4.78, 5) is 11.1. The fraction of sp³-hybridized carbons (Fsp3) is 0.222. The Balaban J connectivity index is 2.95. The van der Waals surface area contributed by atoms with Crippen LogP contribution in [0.3, 0.4) is 0 Å². The van der Waals surface area contributed by atoms with E-state index < -0.39 is 3.79 Å². The number of alkyl halides is 4. The van der Waals surface area contributed by atoms with Gasteiger partial charge in [-0.25, -0.2) is 0 Å². The van der Waals surface area contributed by atoms with E-state index in [2.05, 4.69) is 0 Å². The number of ketones is 1. The van der Waals surface area contributed by atoms with Gasteiger partial charge in [-0.05, 0) is 0 Å². The van der Waals surface area contributed by atoms with Crippen LogP contribution in [-0.4, -0.2) is 11.7 Å². The summed E-state index contributed by atoms with van der Waals surface area (Å²) in [6.07, 6.45) is 0. The molecule has 0 amide bonds. The highest BCUT2D eigenvalue weighted by Crippen LogP contribution is 2.37. The van der Waals surface area contributed by atoms with Crippen LogP contribution >= 0.6 is 46.4 Å². The van der Waals surface area contributed by atoms with Crippen molar-refractivity contribution in [3.63, 3.8) is 0 Å². The lowest BCUT2D eigenvalue weighted by Crippen LogP contribution is -2.03. The molecular formula is C9H6Cl4O. The largest absolute Gasteiger partial charge is 0.293 e. The Morgan fingerprint density at radius 3 is 2.00 bits per heavy atom. The van der Waals surface area contributed by atoms with Gasteiger partial charge in [-0.1, -0.05) is 59.1 Å². The van der Waals surface area contributed by atoms with Gasteiger partial charge in [0.15, 0.2) is 5.78 Å². The molecule has 0 aromatic heterocycles. The predicted molar refractivity (Wildman–Crippen MR) is 60.7 cm³/mol. The first kappa shape index (κ1) is 12.1. The zero-order valence-corrected chi connectivity index (χ0v) is 9.96. The maximum Gasteiger partial charge on any atom is 0.216 e. The Morgan fingerprint density at radius 1 is 1.14 bits per heavy atom. The molecule has 1 aromatic rings. The highest BCUT2D eigenvalue weighted by molar-refractivity contribution is 6.66. The van der Waals surface area contributed by atoms with Crippen molar-refractivity contribution in [2.24, 2.45) is 0 Å². The monoisotopic (exact) mass is 270 g/mol. The number of halogens is 4. The van der Waals surface area contributed by atoms with E-state index in [1.807, 2.05) is 0 Å².